The maximum atomic E-state index is 4.55. The topological polar surface area (TPSA) is 41.1 Å². The SMILES string of the molecule is CC(C)CNCc1cnc(N2CCC(C)CC2)cn1. The number of aromatic nitrogens is 2. The minimum atomic E-state index is 0.669. The van der Waals surface area contributed by atoms with Crippen LogP contribution in [0.4, 0.5) is 5.82 Å². The molecule has 1 N–H and O–H groups in total. The lowest BCUT2D eigenvalue weighted by Crippen LogP contribution is -2.33. The molecule has 106 valence electrons. The quantitative estimate of drug-likeness (QED) is 0.885. The van der Waals surface area contributed by atoms with Gasteiger partial charge in [0, 0.05) is 19.6 Å². The van der Waals surface area contributed by atoms with Crippen LogP contribution < -0.4 is 10.2 Å². The smallest absolute Gasteiger partial charge is 0.147 e. The highest BCUT2D eigenvalue weighted by atomic mass is 15.2. The minimum Gasteiger partial charge on any atom is -0.355 e. The molecule has 1 aliphatic heterocycles. The summed E-state index contributed by atoms with van der Waals surface area (Å²) in [7, 11) is 0. The van der Waals surface area contributed by atoms with Crippen LogP contribution in [0.3, 0.4) is 0 Å². The normalized spacial score (nSPS) is 17.2. The molecule has 0 radical (unpaired) electrons. The van der Waals surface area contributed by atoms with E-state index >= 15 is 0 Å². The summed E-state index contributed by atoms with van der Waals surface area (Å²) in [5.41, 5.74) is 1.02. The molecule has 0 saturated carbocycles. The van der Waals surface area contributed by atoms with Crippen LogP contribution in [0.5, 0.6) is 0 Å². The second-order valence-corrected chi connectivity index (χ2v) is 6.06. The molecule has 1 aromatic heterocycles. The van der Waals surface area contributed by atoms with Gasteiger partial charge in [-0.3, -0.25) is 4.98 Å². The van der Waals surface area contributed by atoms with E-state index in [1.54, 1.807) is 0 Å². The molecule has 4 heteroatoms. The van der Waals surface area contributed by atoms with E-state index in [2.05, 4.69) is 41.0 Å². The van der Waals surface area contributed by atoms with Crippen LogP contribution in [-0.4, -0.2) is 29.6 Å². The highest BCUT2D eigenvalue weighted by Crippen LogP contribution is 2.20. The van der Waals surface area contributed by atoms with Crippen molar-refractivity contribution in [3.05, 3.63) is 18.1 Å². The van der Waals surface area contributed by atoms with Crippen LogP contribution in [-0.2, 0) is 6.54 Å². The highest BCUT2D eigenvalue weighted by molar-refractivity contribution is 5.36. The molecular weight excluding hydrogens is 236 g/mol. The van der Waals surface area contributed by atoms with Crippen molar-refractivity contribution in [2.45, 2.75) is 40.2 Å². The fraction of sp³-hybridized carbons (Fsp3) is 0.733. The lowest BCUT2D eigenvalue weighted by atomic mass is 9.99. The largest absolute Gasteiger partial charge is 0.355 e. The van der Waals surface area contributed by atoms with E-state index in [0.717, 1.165) is 43.6 Å². The number of piperidine rings is 1. The van der Waals surface area contributed by atoms with E-state index in [0.29, 0.717) is 5.92 Å². The molecule has 4 nitrogen and oxygen atoms in total. The summed E-state index contributed by atoms with van der Waals surface area (Å²) in [5.74, 6) is 2.55. The lowest BCUT2D eigenvalue weighted by Gasteiger charge is -2.30. The average molecular weight is 262 g/mol. The average Bonchev–Trinajstić information content (AvgIpc) is 2.40. The molecule has 0 unspecified atom stereocenters. The Kier molecular flexibility index (Phi) is 5.14. The third-order valence-corrected chi connectivity index (χ3v) is 3.66. The third-order valence-electron chi connectivity index (χ3n) is 3.66. The molecule has 19 heavy (non-hydrogen) atoms. The van der Waals surface area contributed by atoms with Gasteiger partial charge in [-0.15, -0.1) is 0 Å². The Labute approximate surface area is 116 Å². The standard InChI is InChI=1S/C15H26N4/c1-12(2)8-16-9-14-10-18-15(11-17-14)19-6-4-13(3)5-7-19/h10-13,16H,4-9H2,1-3H3. The predicted octanol–water partition coefficient (Wildman–Crippen LogP) is 2.46. The zero-order valence-corrected chi connectivity index (χ0v) is 12.4. The van der Waals surface area contributed by atoms with Gasteiger partial charge >= 0.3 is 0 Å². The van der Waals surface area contributed by atoms with Crippen molar-refractivity contribution in [2.24, 2.45) is 11.8 Å². The van der Waals surface area contributed by atoms with Gasteiger partial charge in [-0.25, -0.2) is 4.98 Å². The molecule has 1 saturated heterocycles. The number of rotatable bonds is 5. The molecule has 0 bridgehead atoms. The van der Waals surface area contributed by atoms with Gasteiger partial charge in [-0.05, 0) is 31.2 Å². The fourth-order valence-corrected chi connectivity index (χ4v) is 2.33. The number of hydrogen-bond donors (Lipinski definition) is 1. The van der Waals surface area contributed by atoms with Gasteiger partial charge in [0.2, 0.25) is 0 Å². The van der Waals surface area contributed by atoms with Crippen LogP contribution in [0.15, 0.2) is 12.4 Å². The predicted molar refractivity (Wildman–Crippen MR) is 79.2 cm³/mol. The van der Waals surface area contributed by atoms with Crippen molar-refractivity contribution in [3.8, 4) is 0 Å². The summed E-state index contributed by atoms with van der Waals surface area (Å²) in [6.45, 7) is 10.8. The van der Waals surface area contributed by atoms with Crippen molar-refractivity contribution >= 4 is 5.82 Å². The summed E-state index contributed by atoms with van der Waals surface area (Å²) >= 11 is 0. The Morgan fingerprint density at radius 2 is 2.00 bits per heavy atom. The van der Waals surface area contributed by atoms with Crippen molar-refractivity contribution in [3.63, 3.8) is 0 Å². The van der Waals surface area contributed by atoms with Gasteiger partial charge in [-0.1, -0.05) is 20.8 Å². The third kappa shape index (κ3) is 4.46. The zero-order valence-electron chi connectivity index (χ0n) is 12.4. The summed E-state index contributed by atoms with van der Waals surface area (Å²) in [6, 6.07) is 0. The molecule has 2 heterocycles. The number of nitrogens with one attached hydrogen (secondary N) is 1. The van der Waals surface area contributed by atoms with Crippen LogP contribution in [0.25, 0.3) is 0 Å². The first kappa shape index (κ1) is 14.3. The first-order valence-corrected chi connectivity index (χ1v) is 7.41. The van der Waals surface area contributed by atoms with E-state index in [4.69, 9.17) is 0 Å². The summed E-state index contributed by atoms with van der Waals surface area (Å²) in [4.78, 5) is 11.4. The molecule has 2 rings (SSSR count). The lowest BCUT2D eigenvalue weighted by molar-refractivity contribution is 0.436. The molecule has 1 fully saturated rings. The van der Waals surface area contributed by atoms with Gasteiger partial charge in [0.25, 0.3) is 0 Å². The number of anilines is 1. The Morgan fingerprint density at radius 1 is 1.26 bits per heavy atom. The Morgan fingerprint density at radius 3 is 2.58 bits per heavy atom. The van der Waals surface area contributed by atoms with Gasteiger partial charge in [0.05, 0.1) is 18.1 Å². The Hall–Kier alpha value is -1.16. The van der Waals surface area contributed by atoms with Gasteiger partial charge in [0.15, 0.2) is 0 Å². The molecule has 0 spiro atoms. The van der Waals surface area contributed by atoms with Crippen molar-refractivity contribution in [1.82, 2.24) is 15.3 Å². The van der Waals surface area contributed by atoms with Gasteiger partial charge < -0.3 is 10.2 Å². The number of nitrogens with zero attached hydrogens (tertiary/aromatic N) is 3. The molecular formula is C15H26N4. The van der Waals surface area contributed by atoms with Crippen LogP contribution in [0, 0.1) is 11.8 Å². The second-order valence-electron chi connectivity index (χ2n) is 6.06. The Balaban J connectivity index is 1.84. The first-order chi connectivity index (χ1) is 9.15. The highest BCUT2D eigenvalue weighted by Gasteiger charge is 2.16. The monoisotopic (exact) mass is 262 g/mol. The van der Waals surface area contributed by atoms with E-state index in [9.17, 15) is 0 Å². The van der Waals surface area contributed by atoms with Crippen LogP contribution in [0.1, 0.15) is 39.3 Å². The maximum absolute atomic E-state index is 4.55. The van der Waals surface area contributed by atoms with E-state index in [-0.39, 0.29) is 0 Å². The van der Waals surface area contributed by atoms with Gasteiger partial charge in [-0.2, -0.15) is 0 Å². The zero-order chi connectivity index (χ0) is 13.7. The first-order valence-electron chi connectivity index (χ1n) is 7.41. The molecule has 0 aromatic carbocycles. The molecule has 1 aliphatic rings. The van der Waals surface area contributed by atoms with Gasteiger partial charge in [0.1, 0.15) is 5.82 Å². The molecule has 0 amide bonds. The van der Waals surface area contributed by atoms with Crippen LogP contribution >= 0.6 is 0 Å². The molecule has 0 aliphatic carbocycles. The summed E-state index contributed by atoms with van der Waals surface area (Å²) < 4.78 is 0. The van der Waals surface area contributed by atoms with Crippen molar-refractivity contribution in [1.29, 1.82) is 0 Å². The van der Waals surface area contributed by atoms with E-state index < -0.39 is 0 Å². The van der Waals surface area contributed by atoms with Crippen LogP contribution in [0.2, 0.25) is 0 Å². The minimum absolute atomic E-state index is 0.669. The van der Waals surface area contributed by atoms with E-state index in [1.807, 2.05) is 12.4 Å². The van der Waals surface area contributed by atoms with E-state index in [1.165, 1.54) is 12.8 Å². The fourth-order valence-electron chi connectivity index (χ4n) is 2.33. The maximum Gasteiger partial charge on any atom is 0.147 e. The summed E-state index contributed by atoms with van der Waals surface area (Å²) in [6.07, 6.45) is 6.35. The van der Waals surface area contributed by atoms with Crippen molar-refractivity contribution < 1.29 is 0 Å². The number of hydrogen-bond acceptors (Lipinski definition) is 4. The van der Waals surface area contributed by atoms with Crippen molar-refractivity contribution in [2.75, 3.05) is 24.5 Å². The Bertz CT molecular complexity index is 366. The molecule has 0 atom stereocenters. The second kappa shape index (κ2) is 6.85. The summed E-state index contributed by atoms with van der Waals surface area (Å²) in [5, 5.41) is 3.39. The molecule has 1 aromatic rings.